The van der Waals surface area contributed by atoms with Crippen molar-refractivity contribution in [3.05, 3.63) is 16.3 Å². The predicted octanol–water partition coefficient (Wildman–Crippen LogP) is 0.475. The van der Waals surface area contributed by atoms with E-state index in [4.69, 9.17) is 5.11 Å². The number of aromatic nitrogens is 2. The second-order valence-electron chi connectivity index (χ2n) is 3.84. The average molecular weight is 280 g/mol. The first kappa shape index (κ1) is 13.4. The summed E-state index contributed by atoms with van der Waals surface area (Å²) in [5.41, 5.74) is 1.60. The fraction of sp³-hybridized carbons (Fsp3) is 0.273. The van der Waals surface area contributed by atoms with Gasteiger partial charge in [-0.2, -0.15) is 5.10 Å². The number of aldehydes is 2. The Hall–Kier alpha value is -2.06. The zero-order valence-corrected chi connectivity index (χ0v) is 11.2. The summed E-state index contributed by atoms with van der Waals surface area (Å²) in [6.07, 6.45) is 2.87. The zero-order chi connectivity index (χ0) is 14.0. The Morgan fingerprint density at radius 1 is 1.47 bits per heavy atom. The molecule has 0 amide bonds. The first-order valence-corrected chi connectivity index (χ1v) is 6.19. The van der Waals surface area contributed by atoms with Gasteiger partial charge in [-0.25, -0.2) is 4.98 Å². The van der Waals surface area contributed by atoms with E-state index in [0.29, 0.717) is 28.2 Å². The molecule has 100 valence electrons. The predicted molar refractivity (Wildman–Crippen MR) is 71.8 cm³/mol. The van der Waals surface area contributed by atoms with Crippen LogP contribution >= 0.6 is 11.3 Å². The van der Waals surface area contributed by atoms with E-state index in [1.165, 1.54) is 22.6 Å². The number of carbonyl (C=O) groups is 2. The summed E-state index contributed by atoms with van der Waals surface area (Å²) < 4.78 is 2.34. The van der Waals surface area contributed by atoms with Crippen molar-refractivity contribution in [3.63, 3.8) is 0 Å². The maximum atomic E-state index is 11.1. The van der Waals surface area contributed by atoms with Crippen LogP contribution in [0.4, 0.5) is 0 Å². The Balaban J connectivity index is 2.61. The summed E-state index contributed by atoms with van der Waals surface area (Å²) in [5, 5.41) is 14.5. The van der Waals surface area contributed by atoms with Crippen molar-refractivity contribution < 1.29 is 14.7 Å². The smallest absolute Gasteiger partial charge is 0.178 e. The Bertz CT molecular complexity index is 658. The molecular formula is C11H12N4O3S. The van der Waals surface area contributed by atoms with Crippen molar-refractivity contribution >= 4 is 40.5 Å². The van der Waals surface area contributed by atoms with Gasteiger partial charge in [0.2, 0.25) is 0 Å². The van der Waals surface area contributed by atoms with Gasteiger partial charge in [0.15, 0.2) is 23.2 Å². The van der Waals surface area contributed by atoms with Crippen LogP contribution in [0.25, 0.3) is 10.3 Å². The van der Waals surface area contributed by atoms with Crippen molar-refractivity contribution in [1.82, 2.24) is 14.6 Å². The molecule has 0 aliphatic rings. The summed E-state index contributed by atoms with van der Waals surface area (Å²) in [7, 11) is 3.30. The van der Waals surface area contributed by atoms with Gasteiger partial charge in [-0.1, -0.05) is 0 Å². The first-order chi connectivity index (χ1) is 9.12. The molecule has 0 spiro atoms. The molecule has 2 aromatic rings. The third-order valence-corrected chi connectivity index (χ3v) is 3.63. The first-order valence-electron chi connectivity index (χ1n) is 5.38. The van der Waals surface area contributed by atoms with Gasteiger partial charge in [0.25, 0.3) is 0 Å². The van der Waals surface area contributed by atoms with Crippen molar-refractivity contribution in [2.75, 3.05) is 13.8 Å². The lowest BCUT2D eigenvalue weighted by atomic mass is 10.3. The van der Waals surface area contributed by atoms with Crippen LogP contribution in [0.1, 0.15) is 25.9 Å². The monoisotopic (exact) mass is 280 g/mol. The molecule has 2 heterocycles. The molecule has 7 nitrogen and oxygen atoms in total. The normalized spacial score (nSPS) is 11.3. The molecule has 0 aliphatic carbocycles. The van der Waals surface area contributed by atoms with Gasteiger partial charge in [-0.05, 0) is 0 Å². The summed E-state index contributed by atoms with van der Waals surface area (Å²) >= 11 is 1.20. The van der Waals surface area contributed by atoms with Crippen LogP contribution in [0, 0.1) is 0 Å². The number of hydrogen-bond acceptors (Lipinski definition) is 7. The quantitative estimate of drug-likeness (QED) is 0.372. The minimum Gasteiger partial charge on any atom is -0.375 e. The highest BCUT2D eigenvalue weighted by molar-refractivity contribution is 7.20. The van der Waals surface area contributed by atoms with Gasteiger partial charge < -0.3 is 9.67 Å². The van der Waals surface area contributed by atoms with E-state index in [2.05, 4.69) is 10.1 Å². The van der Waals surface area contributed by atoms with Gasteiger partial charge in [0, 0.05) is 19.7 Å². The number of aryl methyl sites for hydroxylation is 1. The molecule has 0 atom stereocenters. The number of aliphatic hydroxyl groups excluding tert-OH is 1. The van der Waals surface area contributed by atoms with E-state index in [-0.39, 0.29) is 6.73 Å². The number of nitrogens with zero attached hydrogens (tertiary/aromatic N) is 4. The minimum atomic E-state index is -0.231. The number of hydrogen-bond donors (Lipinski definition) is 1. The lowest BCUT2D eigenvalue weighted by molar-refractivity contribution is 0.111. The Kier molecular flexibility index (Phi) is 3.72. The summed E-state index contributed by atoms with van der Waals surface area (Å²) in [6.45, 7) is -0.231. The minimum absolute atomic E-state index is 0.231. The zero-order valence-electron chi connectivity index (χ0n) is 10.4. The van der Waals surface area contributed by atoms with Gasteiger partial charge in [0.1, 0.15) is 6.73 Å². The van der Waals surface area contributed by atoms with Crippen LogP contribution in [-0.2, 0) is 7.05 Å². The van der Waals surface area contributed by atoms with Gasteiger partial charge in [0.05, 0.1) is 16.6 Å². The lowest BCUT2D eigenvalue weighted by Crippen LogP contribution is -2.12. The lowest BCUT2D eigenvalue weighted by Gasteiger charge is -2.06. The number of fused-ring (bicyclic) bond motifs is 1. The maximum absolute atomic E-state index is 11.1. The second-order valence-corrected chi connectivity index (χ2v) is 4.87. The van der Waals surface area contributed by atoms with Crippen molar-refractivity contribution in [2.45, 2.75) is 0 Å². The third kappa shape index (κ3) is 2.27. The van der Waals surface area contributed by atoms with Gasteiger partial charge >= 0.3 is 0 Å². The largest absolute Gasteiger partial charge is 0.375 e. The van der Waals surface area contributed by atoms with Crippen LogP contribution < -0.4 is 0 Å². The number of rotatable bonds is 5. The molecule has 8 heteroatoms. The molecule has 1 N–H and O–H groups in total. The third-order valence-electron chi connectivity index (χ3n) is 2.63. The fourth-order valence-corrected chi connectivity index (χ4v) is 2.58. The van der Waals surface area contributed by atoms with Crippen LogP contribution in [0.3, 0.4) is 0 Å². The molecule has 19 heavy (non-hydrogen) atoms. The summed E-state index contributed by atoms with van der Waals surface area (Å²) in [6, 6.07) is 0. The summed E-state index contributed by atoms with van der Waals surface area (Å²) in [5.74, 6) is 0. The Labute approximate surface area is 112 Å². The van der Waals surface area contributed by atoms with E-state index in [9.17, 15) is 9.59 Å². The van der Waals surface area contributed by atoms with Gasteiger partial charge in [-0.15, -0.1) is 11.3 Å². The fourth-order valence-electron chi connectivity index (χ4n) is 1.65. The van der Waals surface area contributed by atoms with Crippen LogP contribution in [-0.4, -0.2) is 52.2 Å². The van der Waals surface area contributed by atoms with Crippen LogP contribution in [0.15, 0.2) is 5.10 Å². The average Bonchev–Trinajstić information content (AvgIpc) is 2.94. The Morgan fingerprint density at radius 2 is 2.21 bits per heavy atom. The summed E-state index contributed by atoms with van der Waals surface area (Å²) in [4.78, 5) is 26.0. The van der Waals surface area contributed by atoms with E-state index in [1.807, 2.05) is 0 Å². The Morgan fingerprint density at radius 3 is 2.79 bits per heavy atom. The van der Waals surface area contributed by atoms with Crippen molar-refractivity contribution in [3.8, 4) is 0 Å². The molecule has 0 bridgehead atoms. The molecule has 0 aromatic carbocycles. The van der Waals surface area contributed by atoms with Crippen LogP contribution in [0.5, 0.6) is 0 Å². The molecule has 0 radical (unpaired) electrons. The van der Waals surface area contributed by atoms with E-state index < -0.39 is 0 Å². The highest BCUT2D eigenvalue weighted by Crippen LogP contribution is 2.28. The molecule has 2 aromatic heterocycles. The molecule has 0 fully saturated rings. The number of carbonyl (C=O) groups excluding carboxylic acids is 2. The van der Waals surface area contributed by atoms with Crippen molar-refractivity contribution in [1.29, 1.82) is 0 Å². The SMILES string of the molecule is CN(CO)/N=C\c1c(C=O)n(C)c2nc(C=O)sc12. The molecule has 0 unspecified atom stereocenters. The molecule has 0 saturated carbocycles. The van der Waals surface area contributed by atoms with Crippen LogP contribution in [0.2, 0.25) is 0 Å². The molecule has 0 saturated heterocycles. The number of thiazole rings is 1. The van der Waals surface area contributed by atoms with Gasteiger partial charge in [-0.3, -0.25) is 14.6 Å². The molecule has 0 aliphatic heterocycles. The van der Waals surface area contributed by atoms with E-state index in [0.717, 1.165) is 11.0 Å². The highest BCUT2D eigenvalue weighted by Gasteiger charge is 2.17. The highest BCUT2D eigenvalue weighted by atomic mass is 32.1. The topological polar surface area (TPSA) is 87.8 Å². The molecular weight excluding hydrogens is 268 g/mol. The number of aliphatic hydroxyl groups is 1. The van der Waals surface area contributed by atoms with Crippen molar-refractivity contribution in [2.24, 2.45) is 12.1 Å². The maximum Gasteiger partial charge on any atom is 0.178 e. The second kappa shape index (κ2) is 5.29. The van der Waals surface area contributed by atoms with E-state index >= 15 is 0 Å². The number of hydrazone groups is 1. The standard InChI is InChI=1S/C11H12N4O3S/c1-14(6-18)12-3-7-8(4-16)15(2)11-10(7)19-9(5-17)13-11/h3-5,18H,6H2,1-2H3/b12-3-. The van der Waals surface area contributed by atoms with E-state index in [1.54, 1.807) is 18.7 Å². The molecule has 2 rings (SSSR count).